The van der Waals surface area contributed by atoms with E-state index >= 15 is 0 Å². The van der Waals surface area contributed by atoms with Gasteiger partial charge in [-0.15, -0.1) is 0 Å². The zero-order valence-electron chi connectivity index (χ0n) is 10.5. The molecule has 0 fully saturated rings. The van der Waals surface area contributed by atoms with E-state index in [0.717, 1.165) is 11.1 Å². The van der Waals surface area contributed by atoms with Crippen molar-refractivity contribution in [2.45, 2.75) is 0 Å². The number of carbonyl (C=O) groups is 1. The number of hydrogen-bond donors (Lipinski definition) is 1. The Bertz CT molecular complexity index is 503. The summed E-state index contributed by atoms with van der Waals surface area (Å²) in [6.45, 7) is 0. The van der Waals surface area contributed by atoms with E-state index in [1.54, 1.807) is 12.1 Å². The van der Waals surface area contributed by atoms with Crippen molar-refractivity contribution in [1.82, 2.24) is 0 Å². The van der Waals surface area contributed by atoms with Crippen molar-refractivity contribution in [3.63, 3.8) is 0 Å². The Hall–Kier alpha value is -1.13. The van der Waals surface area contributed by atoms with Crippen molar-refractivity contribution in [1.29, 1.82) is 0 Å². The van der Waals surface area contributed by atoms with Crippen LogP contribution in [0, 0.1) is 0 Å². The zero-order chi connectivity index (χ0) is 11.4. The summed E-state index contributed by atoms with van der Waals surface area (Å²) in [6.07, 6.45) is 0. The van der Waals surface area contributed by atoms with Gasteiger partial charge in [0.2, 0.25) is 0 Å². The van der Waals surface area contributed by atoms with Gasteiger partial charge in [0.25, 0.3) is 0 Å². The molecular formula is C13H11NaO3. The topological polar surface area (TPSA) is 46.5 Å². The first-order valence-corrected chi connectivity index (χ1v) is 4.83. The minimum Gasteiger partial charge on any atom is -1.00 e. The van der Waals surface area contributed by atoms with E-state index in [-0.39, 0.29) is 31.0 Å². The third kappa shape index (κ3) is 3.17. The molecule has 0 aliphatic rings. The summed E-state index contributed by atoms with van der Waals surface area (Å²) in [4.78, 5) is 15.1. The molecule has 4 heteroatoms. The molecule has 0 heterocycles. The monoisotopic (exact) mass is 238 g/mol. The molecule has 0 radical (unpaired) electrons. The average Bonchev–Trinajstić information content (AvgIpc) is 2.39. The van der Waals surface area contributed by atoms with Gasteiger partial charge in [0.05, 0.1) is 5.56 Å². The van der Waals surface area contributed by atoms with Crippen LogP contribution in [0.25, 0.3) is 11.1 Å². The Balaban J connectivity index is 0.00000144. The van der Waals surface area contributed by atoms with Crippen LogP contribution in [0.2, 0.25) is 0 Å². The molecule has 0 saturated carbocycles. The molecule has 2 aromatic rings. The Morgan fingerprint density at radius 2 is 1.59 bits per heavy atom. The molecular weight excluding hydrogens is 227 g/mol. The smallest absolute Gasteiger partial charge is 1.00 e. The van der Waals surface area contributed by atoms with Gasteiger partial charge in [0.15, 0.2) is 0 Å². The van der Waals surface area contributed by atoms with Gasteiger partial charge in [-0.3, -0.25) is 4.89 Å². The molecule has 82 valence electrons. The van der Waals surface area contributed by atoms with Crippen LogP contribution in [0.3, 0.4) is 0 Å². The normalized spacial score (nSPS) is 9.24. The maximum Gasteiger partial charge on any atom is 1.00 e. The minimum absolute atomic E-state index is 0. The summed E-state index contributed by atoms with van der Waals surface area (Å²) < 4.78 is 0. The summed E-state index contributed by atoms with van der Waals surface area (Å²) in [6, 6.07) is 16.4. The fourth-order valence-corrected chi connectivity index (χ4v) is 1.58. The van der Waals surface area contributed by atoms with Crippen molar-refractivity contribution >= 4 is 5.97 Å². The molecule has 0 spiro atoms. The van der Waals surface area contributed by atoms with Crippen molar-refractivity contribution in [3.05, 3.63) is 60.2 Å². The maximum absolute atomic E-state index is 11.3. The average molecular weight is 238 g/mol. The molecule has 0 bridgehead atoms. The SMILES string of the molecule is O=C(OO)c1ccccc1-c1ccccc1.[H-].[Na+]. The van der Waals surface area contributed by atoms with E-state index in [1.807, 2.05) is 42.5 Å². The van der Waals surface area contributed by atoms with Crippen LogP contribution in [0.4, 0.5) is 0 Å². The van der Waals surface area contributed by atoms with Crippen LogP contribution in [0.5, 0.6) is 0 Å². The van der Waals surface area contributed by atoms with Crippen LogP contribution < -0.4 is 29.6 Å². The number of rotatable bonds is 2. The van der Waals surface area contributed by atoms with Crippen LogP contribution >= 0.6 is 0 Å². The van der Waals surface area contributed by atoms with Crippen molar-refractivity contribution in [2.75, 3.05) is 0 Å². The third-order valence-corrected chi connectivity index (χ3v) is 2.31. The zero-order valence-corrected chi connectivity index (χ0v) is 11.5. The Morgan fingerprint density at radius 1 is 1.00 bits per heavy atom. The Labute approximate surface area is 123 Å². The predicted molar refractivity (Wildman–Crippen MR) is 61.0 cm³/mol. The van der Waals surface area contributed by atoms with E-state index in [0.29, 0.717) is 5.56 Å². The van der Waals surface area contributed by atoms with Crippen LogP contribution in [0.15, 0.2) is 54.6 Å². The molecule has 0 saturated heterocycles. The summed E-state index contributed by atoms with van der Waals surface area (Å²) >= 11 is 0. The second-order valence-corrected chi connectivity index (χ2v) is 3.29. The number of benzene rings is 2. The molecule has 2 aromatic carbocycles. The summed E-state index contributed by atoms with van der Waals surface area (Å²) in [5.41, 5.74) is 1.99. The minimum atomic E-state index is -0.751. The van der Waals surface area contributed by atoms with Crippen molar-refractivity contribution < 1.29 is 45.9 Å². The molecule has 17 heavy (non-hydrogen) atoms. The molecule has 3 nitrogen and oxygen atoms in total. The number of carbonyl (C=O) groups excluding carboxylic acids is 1. The molecule has 0 aromatic heterocycles. The second kappa shape index (κ2) is 6.57. The predicted octanol–water partition coefficient (Wildman–Crippen LogP) is 0.0999. The molecule has 0 amide bonds. The third-order valence-electron chi connectivity index (χ3n) is 2.31. The second-order valence-electron chi connectivity index (χ2n) is 3.29. The van der Waals surface area contributed by atoms with E-state index in [1.165, 1.54) is 0 Å². The molecule has 0 unspecified atom stereocenters. The first-order chi connectivity index (χ1) is 7.83. The van der Waals surface area contributed by atoms with E-state index in [9.17, 15) is 4.79 Å². The molecule has 0 aliphatic heterocycles. The van der Waals surface area contributed by atoms with E-state index < -0.39 is 5.97 Å². The summed E-state index contributed by atoms with van der Waals surface area (Å²) in [7, 11) is 0. The van der Waals surface area contributed by atoms with Gasteiger partial charge < -0.3 is 1.43 Å². The fourth-order valence-electron chi connectivity index (χ4n) is 1.58. The summed E-state index contributed by atoms with van der Waals surface area (Å²) in [5, 5.41) is 8.41. The fraction of sp³-hybridized carbons (Fsp3) is 0. The van der Waals surface area contributed by atoms with Crippen LogP contribution in [-0.4, -0.2) is 11.2 Å². The van der Waals surface area contributed by atoms with Gasteiger partial charge in [0.1, 0.15) is 0 Å². The Morgan fingerprint density at radius 3 is 2.24 bits per heavy atom. The Kier molecular flexibility index (Phi) is 5.38. The number of hydrogen-bond acceptors (Lipinski definition) is 3. The van der Waals surface area contributed by atoms with E-state index in [2.05, 4.69) is 4.89 Å². The van der Waals surface area contributed by atoms with Gasteiger partial charge >= 0.3 is 35.5 Å². The van der Waals surface area contributed by atoms with E-state index in [4.69, 9.17) is 5.26 Å². The van der Waals surface area contributed by atoms with Crippen LogP contribution in [-0.2, 0) is 4.89 Å². The largest absolute Gasteiger partial charge is 1.00 e. The maximum atomic E-state index is 11.3. The molecule has 0 atom stereocenters. The first kappa shape index (κ1) is 13.9. The van der Waals surface area contributed by atoms with Crippen molar-refractivity contribution in [3.8, 4) is 11.1 Å². The van der Waals surface area contributed by atoms with Crippen molar-refractivity contribution in [2.24, 2.45) is 0 Å². The molecule has 2 rings (SSSR count). The molecule has 0 aliphatic carbocycles. The standard InChI is InChI=1S/C13H10O3.Na.H/c14-13(16-15)12-9-5-4-8-11(12)10-6-2-1-3-7-10;;/h1-9,15H;;/q;+1;-1. The van der Waals surface area contributed by atoms with Gasteiger partial charge in [-0.05, 0) is 17.2 Å². The summed E-state index contributed by atoms with van der Waals surface area (Å²) in [5.74, 6) is -0.751. The van der Waals surface area contributed by atoms with Crippen LogP contribution in [0.1, 0.15) is 11.8 Å². The quantitative estimate of drug-likeness (QED) is 0.458. The van der Waals surface area contributed by atoms with Gasteiger partial charge in [-0.25, -0.2) is 4.79 Å². The molecule has 1 N–H and O–H groups in total. The van der Waals surface area contributed by atoms with Gasteiger partial charge in [-0.2, -0.15) is 5.26 Å². The van der Waals surface area contributed by atoms with Gasteiger partial charge in [-0.1, -0.05) is 48.5 Å². The van der Waals surface area contributed by atoms with Gasteiger partial charge in [0, 0.05) is 0 Å². The first-order valence-electron chi connectivity index (χ1n) is 4.83.